The number of hydrogen-bond donors (Lipinski definition) is 1. The van der Waals surface area contributed by atoms with Crippen LogP contribution in [0.2, 0.25) is 0 Å². The zero-order valence-electron chi connectivity index (χ0n) is 10.9. The third-order valence-corrected chi connectivity index (χ3v) is 3.24. The van der Waals surface area contributed by atoms with E-state index in [9.17, 15) is 4.79 Å². The zero-order valence-corrected chi connectivity index (χ0v) is 10.9. The molecule has 0 fully saturated rings. The lowest BCUT2D eigenvalue weighted by Crippen LogP contribution is -2.28. The van der Waals surface area contributed by atoms with Gasteiger partial charge in [0.15, 0.2) is 0 Å². The van der Waals surface area contributed by atoms with E-state index in [0.717, 1.165) is 16.5 Å². The van der Waals surface area contributed by atoms with Crippen molar-refractivity contribution in [2.75, 3.05) is 13.7 Å². The molecule has 0 radical (unpaired) electrons. The number of pyridine rings is 1. The molecule has 1 atom stereocenters. The summed E-state index contributed by atoms with van der Waals surface area (Å²) >= 11 is 0. The predicted molar refractivity (Wildman–Crippen MR) is 73.3 cm³/mol. The van der Waals surface area contributed by atoms with Gasteiger partial charge in [0.05, 0.1) is 12.6 Å². The maximum absolute atomic E-state index is 12.2. The van der Waals surface area contributed by atoms with Crippen molar-refractivity contribution in [3.63, 3.8) is 0 Å². The van der Waals surface area contributed by atoms with E-state index in [4.69, 9.17) is 10.5 Å². The third kappa shape index (κ3) is 1.88. The largest absolute Gasteiger partial charge is 0.495 e. The molecule has 1 aromatic heterocycles. The fourth-order valence-electron chi connectivity index (χ4n) is 2.24. The van der Waals surface area contributed by atoms with E-state index in [-0.39, 0.29) is 11.6 Å². The Labute approximate surface area is 106 Å². The molecule has 2 rings (SSSR count). The topological polar surface area (TPSA) is 57.2 Å². The van der Waals surface area contributed by atoms with Crippen molar-refractivity contribution in [3.05, 3.63) is 40.2 Å². The zero-order chi connectivity index (χ0) is 13.3. The Morgan fingerprint density at radius 3 is 2.78 bits per heavy atom. The number of methoxy groups -OCH3 is 1. The highest BCUT2D eigenvalue weighted by molar-refractivity contribution is 5.87. The van der Waals surface area contributed by atoms with Gasteiger partial charge in [-0.15, -0.1) is 0 Å². The number of para-hydroxylation sites is 1. The molecule has 0 spiro atoms. The molecule has 2 N–H and O–H groups in total. The number of fused-ring (bicyclic) bond motifs is 1. The second-order valence-electron chi connectivity index (χ2n) is 4.48. The highest BCUT2D eigenvalue weighted by Crippen LogP contribution is 2.27. The maximum atomic E-state index is 12.2. The van der Waals surface area contributed by atoms with Crippen LogP contribution in [-0.2, 0) is 0 Å². The third-order valence-electron chi connectivity index (χ3n) is 3.24. The van der Waals surface area contributed by atoms with Crippen LogP contribution in [0.5, 0.6) is 5.75 Å². The van der Waals surface area contributed by atoms with Gasteiger partial charge in [-0.2, -0.15) is 0 Å². The van der Waals surface area contributed by atoms with Gasteiger partial charge in [0, 0.05) is 24.0 Å². The molecule has 96 valence electrons. The number of rotatable bonds is 3. The summed E-state index contributed by atoms with van der Waals surface area (Å²) in [7, 11) is 1.61. The molecule has 0 saturated carbocycles. The molecule has 1 unspecified atom stereocenters. The van der Waals surface area contributed by atoms with Gasteiger partial charge in [-0.25, -0.2) is 0 Å². The Morgan fingerprint density at radius 1 is 1.44 bits per heavy atom. The van der Waals surface area contributed by atoms with Crippen LogP contribution in [0.4, 0.5) is 0 Å². The Kier molecular flexibility index (Phi) is 3.39. The van der Waals surface area contributed by atoms with Crippen LogP contribution in [0, 0.1) is 6.92 Å². The summed E-state index contributed by atoms with van der Waals surface area (Å²) in [5, 5.41) is 1.02. The maximum Gasteiger partial charge on any atom is 0.251 e. The van der Waals surface area contributed by atoms with Gasteiger partial charge in [-0.3, -0.25) is 4.79 Å². The number of aromatic nitrogens is 1. The first-order valence-electron chi connectivity index (χ1n) is 5.99. The van der Waals surface area contributed by atoms with E-state index in [1.165, 1.54) is 0 Å². The van der Waals surface area contributed by atoms with Crippen molar-refractivity contribution in [1.29, 1.82) is 0 Å². The van der Waals surface area contributed by atoms with Gasteiger partial charge >= 0.3 is 0 Å². The average molecular weight is 246 g/mol. The van der Waals surface area contributed by atoms with Crippen LogP contribution in [0.3, 0.4) is 0 Å². The Bertz CT molecular complexity index is 631. The lowest BCUT2D eigenvalue weighted by molar-refractivity contribution is 0.414. The van der Waals surface area contributed by atoms with Crippen molar-refractivity contribution in [2.24, 2.45) is 5.73 Å². The van der Waals surface area contributed by atoms with Gasteiger partial charge in [0.25, 0.3) is 5.56 Å². The monoisotopic (exact) mass is 246 g/mol. The van der Waals surface area contributed by atoms with Gasteiger partial charge in [-0.05, 0) is 25.5 Å². The second kappa shape index (κ2) is 4.82. The molecule has 0 aliphatic rings. The molecular weight excluding hydrogens is 228 g/mol. The lowest BCUT2D eigenvalue weighted by Gasteiger charge is -2.19. The van der Waals surface area contributed by atoms with E-state index >= 15 is 0 Å². The van der Waals surface area contributed by atoms with Crippen LogP contribution < -0.4 is 16.0 Å². The molecular formula is C14H18N2O2. The number of nitrogens with two attached hydrogens (primary N) is 1. The van der Waals surface area contributed by atoms with Crippen LogP contribution in [-0.4, -0.2) is 18.2 Å². The van der Waals surface area contributed by atoms with Gasteiger partial charge in [-0.1, -0.05) is 12.1 Å². The summed E-state index contributed by atoms with van der Waals surface area (Å²) in [4.78, 5) is 12.2. The molecule has 0 aliphatic carbocycles. The first-order valence-corrected chi connectivity index (χ1v) is 5.99. The first kappa shape index (κ1) is 12.6. The second-order valence-corrected chi connectivity index (χ2v) is 4.48. The summed E-state index contributed by atoms with van der Waals surface area (Å²) in [5.74, 6) is 0.702. The fourth-order valence-corrected chi connectivity index (χ4v) is 2.24. The number of ether oxygens (including phenoxy) is 1. The SMILES string of the molecule is COc1cccc2c(C)cc(=O)n(C(C)CN)c12. The highest BCUT2D eigenvalue weighted by atomic mass is 16.5. The Morgan fingerprint density at radius 2 is 2.17 bits per heavy atom. The van der Waals surface area contributed by atoms with Crippen molar-refractivity contribution in [3.8, 4) is 5.75 Å². The molecule has 0 amide bonds. The minimum Gasteiger partial charge on any atom is -0.495 e. The quantitative estimate of drug-likeness (QED) is 0.899. The molecule has 18 heavy (non-hydrogen) atoms. The molecule has 2 aromatic rings. The highest BCUT2D eigenvalue weighted by Gasteiger charge is 2.14. The lowest BCUT2D eigenvalue weighted by atomic mass is 10.1. The van der Waals surface area contributed by atoms with E-state index in [2.05, 4.69) is 0 Å². The molecule has 0 bridgehead atoms. The van der Waals surface area contributed by atoms with Crippen molar-refractivity contribution < 1.29 is 4.74 Å². The molecule has 1 aromatic carbocycles. The minimum absolute atomic E-state index is 0.0394. The van der Waals surface area contributed by atoms with Crippen molar-refractivity contribution >= 4 is 10.9 Å². The molecule has 0 saturated heterocycles. The summed E-state index contributed by atoms with van der Waals surface area (Å²) in [6.45, 7) is 4.28. The van der Waals surface area contributed by atoms with Gasteiger partial charge in [0.1, 0.15) is 5.75 Å². The number of aryl methyl sites for hydroxylation is 1. The van der Waals surface area contributed by atoms with Crippen molar-refractivity contribution in [2.45, 2.75) is 19.9 Å². The smallest absolute Gasteiger partial charge is 0.251 e. The first-order chi connectivity index (χ1) is 8.60. The van der Waals surface area contributed by atoms with E-state index in [0.29, 0.717) is 12.3 Å². The van der Waals surface area contributed by atoms with Gasteiger partial charge in [0.2, 0.25) is 0 Å². The number of nitrogens with zero attached hydrogens (tertiary/aromatic N) is 1. The fraction of sp³-hybridized carbons (Fsp3) is 0.357. The van der Waals surface area contributed by atoms with Gasteiger partial charge < -0.3 is 15.0 Å². The van der Waals surface area contributed by atoms with Crippen LogP contribution in [0.15, 0.2) is 29.1 Å². The van der Waals surface area contributed by atoms with Crippen LogP contribution in [0.1, 0.15) is 18.5 Å². The van der Waals surface area contributed by atoms with Crippen LogP contribution >= 0.6 is 0 Å². The van der Waals surface area contributed by atoms with E-state index in [1.807, 2.05) is 32.0 Å². The van der Waals surface area contributed by atoms with Crippen LogP contribution in [0.25, 0.3) is 10.9 Å². The predicted octanol–water partition coefficient (Wildman–Crippen LogP) is 1.84. The molecule has 4 heteroatoms. The Balaban J connectivity index is 2.95. The summed E-state index contributed by atoms with van der Waals surface area (Å²) in [6, 6.07) is 7.37. The molecule has 4 nitrogen and oxygen atoms in total. The average Bonchev–Trinajstić information content (AvgIpc) is 2.37. The van der Waals surface area contributed by atoms with Crippen molar-refractivity contribution in [1.82, 2.24) is 4.57 Å². The van der Waals surface area contributed by atoms with E-state index < -0.39 is 0 Å². The minimum atomic E-state index is -0.0584. The standard InChI is InChI=1S/C14H18N2O2/c1-9-7-13(17)16(10(2)8-15)14-11(9)5-4-6-12(14)18-3/h4-7,10H,8,15H2,1-3H3. The normalized spacial score (nSPS) is 12.7. The number of hydrogen-bond acceptors (Lipinski definition) is 3. The number of benzene rings is 1. The molecule has 1 heterocycles. The Hall–Kier alpha value is -1.81. The molecule has 0 aliphatic heterocycles. The summed E-state index contributed by atoms with van der Waals surface area (Å²) in [6.07, 6.45) is 0. The summed E-state index contributed by atoms with van der Waals surface area (Å²) in [5.41, 5.74) is 7.43. The van der Waals surface area contributed by atoms with E-state index in [1.54, 1.807) is 17.7 Å². The summed E-state index contributed by atoms with van der Waals surface area (Å²) < 4.78 is 7.08.